The molecule has 0 radical (unpaired) electrons. The van der Waals surface area contributed by atoms with Crippen molar-refractivity contribution < 1.29 is 19.0 Å². The number of hydrogen-bond acceptors (Lipinski definition) is 3. The summed E-state index contributed by atoms with van der Waals surface area (Å²) in [5.41, 5.74) is -0.630. The fourth-order valence-corrected chi connectivity index (χ4v) is 4.31. The number of piperidine rings is 2. The van der Waals surface area contributed by atoms with Crippen molar-refractivity contribution in [3.63, 3.8) is 0 Å². The highest BCUT2D eigenvalue weighted by molar-refractivity contribution is 5.69. The van der Waals surface area contributed by atoms with E-state index in [4.69, 9.17) is 4.74 Å². The Kier molecular flexibility index (Phi) is 4.80. The van der Waals surface area contributed by atoms with Crippen molar-refractivity contribution in [1.29, 1.82) is 0 Å². The van der Waals surface area contributed by atoms with Crippen molar-refractivity contribution in [2.24, 2.45) is 0 Å². The molecule has 4 nitrogen and oxygen atoms in total. The van der Waals surface area contributed by atoms with Gasteiger partial charge in [0.2, 0.25) is 0 Å². The summed E-state index contributed by atoms with van der Waals surface area (Å²) >= 11 is 0. The molecule has 2 aliphatic rings. The second-order valence-electron chi connectivity index (χ2n) is 8.57. The van der Waals surface area contributed by atoms with Gasteiger partial charge in [-0.25, -0.2) is 9.18 Å². The normalized spacial score (nSPS) is 29.4. The largest absolute Gasteiger partial charge is 0.444 e. The number of halogens is 1. The van der Waals surface area contributed by atoms with Crippen molar-refractivity contribution in [3.8, 4) is 0 Å². The third kappa shape index (κ3) is 4.32. The van der Waals surface area contributed by atoms with Crippen LogP contribution in [-0.2, 0) is 11.2 Å². The molecule has 1 N–H and O–H groups in total. The van der Waals surface area contributed by atoms with Crippen LogP contribution in [0.4, 0.5) is 9.18 Å². The summed E-state index contributed by atoms with van der Waals surface area (Å²) in [5.74, 6) is -0.285. The van der Waals surface area contributed by atoms with E-state index in [1.165, 1.54) is 12.1 Å². The van der Waals surface area contributed by atoms with Gasteiger partial charge >= 0.3 is 6.09 Å². The lowest BCUT2D eigenvalue weighted by Crippen LogP contribution is -2.61. The maximum atomic E-state index is 13.5. The molecule has 2 atom stereocenters. The van der Waals surface area contributed by atoms with E-state index in [2.05, 4.69) is 0 Å². The molecule has 0 saturated carbocycles. The Balaban J connectivity index is 1.75. The van der Waals surface area contributed by atoms with Gasteiger partial charge in [-0.05, 0) is 70.6 Å². The minimum atomic E-state index is -0.901. The summed E-state index contributed by atoms with van der Waals surface area (Å²) in [6.07, 6.45) is 3.97. The maximum Gasteiger partial charge on any atom is 0.410 e. The van der Waals surface area contributed by atoms with Crippen LogP contribution in [0.3, 0.4) is 0 Å². The van der Waals surface area contributed by atoms with E-state index in [9.17, 15) is 14.3 Å². The molecule has 2 aliphatic heterocycles. The fourth-order valence-electron chi connectivity index (χ4n) is 4.31. The summed E-state index contributed by atoms with van der Waals surface area (Å²) in [4.78, 5) is 14.5. The van der Waals surface area contributed by atoms with Crippen molar-refractivity contribution in [3.05, 3.63) is 35.6 Å². The topological polar surface area (TPSA) is 49.8 Å². The highest BCUT2D eigenvalue weighted by Crippen LogP contribution is 2.41. The Morgan fingerprint density at radius 3 is 2.52 bits per heavy atom. The van der Waals surface area contributed by atoms with Gasteiger partial charge in [0, 0.05) is 18.5 Å². The van der Waals surface area contributed by atoms with Gasteiger partial charge in [0.1, 0.15) is 11.4 Å². The molecular formula is C20H28FNO3. The van der Waals surface area contributed by atoms with Crippen LogP contribution in [0, 0.1) is 5.82 Å². The Hall–Kier alpha value is -1.62. The number of aliphatic hydroxyl groups is 1. The smallest absolute Gasteiger partial charge is 0.410 e. The van der Waals surface area contributed by atoms with Gasteiger partial charge in [0.15, 0.2) is 0 Å². The van der Waals surface area contributed by atoms with Crippen LogP contribution in [0.2, 0.25) is 0 Å². The zero-order chi connectivity index (χ0) is 18.2. The first-order valence-corrected chi connectivity index (χ1v) is 9.13. The molecule has 2 fully saturated rings. The molecule has 2 heterocycles. The van der Waals surface area contributed by atoms with Gasteiger partial charge in [-0.1, -0.05) is 12.1 Å². The summed E-state index contributed by atoms with van der Waals surface area (Å²) in [5, 5.41) is 11.2. The van der Waals surface area contributed by atoms with Crippen LogP contribution in [0.1, 0.15) is 58.4 Å². The third-order valence-corrected chi connectivity index (χ3v) is 5.12. The SMILES string of the molecule is CC(C)(C)OC(=O)N1C2CCCC1CC(O)(Cc1cccc(F)c1)C2. The second kappa shape index (κ2) is 6.60. The lowest BCUT2D eigenvalue weighted by molar-refractivity contribution is -0.0919. The van der Waals surface area contributed by atoms with Crippen molar-refractivity contribution in [2.75, 3.05) is 0 Å². The lowest BCUT2D eigenvalue weighted by atomic mass is 9.73. The first kappa shape index (κ1) is 18.2. The summed E-state index contributed by atoms with van der Waals surface area (Å²) < 4.78 is 19.0. The van der Waals surface area contributed by atoms with Gasteiger partial charge in [-0.2, -0.15) is 0 Å². The Morgan fingerprint density at radius 2 is 1.96 bits per heavy atom. The Morgan fingerprint density at radius 1 is 1.32 bits per heavy atom. The fraction of sp³-hybridized carbons (Fsp3) is 0.650. The van der Waals surface area contributed by atoms with E-state index in [-0.39, 0.29) is 24.0 Å². The first-order chi connectivity index (χ1) is 11.7. The molecule has 25 heavy (non-hydrogen) atoms. The molecular weight excluding hydrogens is 321 g/mol. The number of carbonyl (C=O) groups is 1. The lowest BCUT2D eigenvalue weighted by Gasteiger charge is -2.51. The molecule has 2 bridgehead atoms. The first-order valence-electron chi connectivity index (χ1n) is 9.13. The van der Waals surface area contributed by atoms with Crippen LogP contribution < -0.4 is 0 Å². The molecule has 1 aromatic rings. The number of ether oxygens (including phenoxy) is 1. The van der Waals surface area contributed by atoms with Gasteiger partial charge in [-0.15, -0.1) is 0 Å². The number of fused-ring (bicyclic) bond motifs is 2. The molecule has 0 aliphatic carbocycles. The third-order valence-electron chi connectivity index (χ3n) is 5.12. The van der Waals surface area contributed by atoms with E-state index >= 15 is 0 Å². The van der Waals surface area contributed by atoms with Gasteiger partial charge in [0.25, 0.3) is 0 Å². The molecule has 2 saturated heterocycles. The average Bonchev–Trinajstić information content (AvgIpc) is 2.43. The van der Waals surface area contributed by atoms with E-state index in [0.29, 0.717) is 19.3 Å². The van der Waals surface area contributed by atoms with E-state index in [0.717, 1.165) is 24.8 Å². The molecule has 2 unspecified atom stereocenters. The standard InChI is InChI=1S/C20H28FNO3/c1-19(2,3)25-18(23)22-16-8-5-9-17(22)13-20(24,12-16)11-14-6-4-7-15(21)10-14/h4,6-7,10,16-17,24H,5,8-9,11-13H2,1-3H3. The maximum absolute atomic E-state index is 13.5. The highest BCUT2D eigenvalue weighted by Gasteiger charge is 2.48. The number of rotatable bonds is 2. The van der Waals surface area contributed by atoms with E-state index in [1.54, 1.807) is 6.07 Å². The molecule has 138 valence electrons. The zero-order valence-corrected chi connectivity index (χ0v) is 15.3. The van der Waals surface area contributed by atoms with Crippen LogP contribution in [0.25, 0.3) is 0 Å². The predicted octanol–water partition coefficient (Wildman–Crippen LogP) is 4.05. The van der Waals surface area contributed by atoms with Gasteiger partial charge in [0.05, 0.1) is 5.60 Å². The van der Waals surface area contributed by atoms with E-state index < -0.39 is 11.2 Å². The average molecular weight is 349 g/mol. The molecule has 0 spiro atoms. The van der Waals surface area contributed by atoms with Crippen molar-refractivity contribution in [2.45, 2.75) is 82.6 Å². The van der Waals surface area contributed by atoms with Gasteiger partial charge in [-0.3, -0.25) is 0 Å². The second-order valence-corrected chi connectivity index (χ2v) is 8.57. The van der Waals surface area contributed by atoms with Crippen molar-refractivity contribution in [1.82, 2.24) is 4.90 Å². The number of nitrogens with zero attached hydrogens (tertiary/aromatic N) is 1. The predicted molar refractivity (Wildman–Crippen MR) is 93.8 cm³/mol. The minimum absolute atomic E-state index is 0.0130. The zero-order valence-electron chi connectivity index (χ0n) is 15.3. The number of carbonyl (C=O) groups excluding carboxylic acids is 1. The Labute approximate surface area is 149 Å². The Bertz CT molecular complexity index is 626. The van der Waals surface area contributed by atoms with Crippen LogP contribution in [0.15, 0.2) is 24.3 Å². The summed E-state index contributed by atoms with van der Waals surface area (Å²) in [7, 11) is 0. The number of benzene rings is 1. The molecule has 0 aromatic heterocycles. The number of amides is 1. The molecule has 3 rings (SSSR count). The molecule has 1 amide bonds. The highest BCUT2D eigenvalue weighted by atomic mass is 19.1. The minimum Gasteiger partial charge on any atom is -0.444 e. The number of hydrogen-bond donors (Lipinski definition) is 1. The van der Waals surface area contributed by atoms with Crippen LogP contribution >= 0.6 is 0 Å². The van der Waals surface area contributed by atoms with Crippen LogP contribution in [-0.4, -0.2) is 39.4 Å². The van der Waals surface area contributed by atoms with E-state index in [1.807, 2.05) is 31.7 Å². The van der Waals surface area contributed by atoms with Crippen LogP contribution in [0.5, 0.6) is 0 Å². The van der Waals surface area contributed by atoms with Gasteiger partial charge < -0.3 is 14.7 Å². The summed E-state index contributed by atoms with van der Waals surface area (Å²) in [6.45, 7) is 5.60. The molecule has 5 heteroatoms. The van der Waals surface area contributed by atoms with Crippen molar-refractivity contribution >= 4 is 6.09 Å². The summed E-state index contributed by atoms with van der Waals surface area (Å²) in [6, 6.07) is 6.38. The quantitative estimate of drug-likeness (QED) is 0.876. The monoisotopic (exact) mass is 349 g/mol. The molecule has 1 aromatic carbocycles.